The van der Waals surface area contributed by atoms with Gasteiger partial charge in [-0.2, -0.15) is 0 Å². The number of halogens is 3. The van der Waals surface area contributed by atoms with Crippen LogP contribution in [0, 0.1) is 0 Å². The molecule has 2 aromatic heterocycles. The summed E-state index contributed by atoms with van der Waals surface area (Å²) in [5.74, 6) is 0. The molecule has 0 radical (unpaired) electrons. The Morgan fingerprint density at radius 3 is 2.62 bits per heavy atom. The van der Waals surface area contributed by atoms with E-state index in [0.29, 0.717) is 22.1 Å². The van der Waals surface area contributed by atoms with Gasteiger partial charge in [0.05, 0.1) is 5.69 Å². The zero-order chi connectivity index (χ0) is 16.8. The average Bonchev–Trinajstić information content (AvgIpc) is 2.95. The number of hydrogen-bond donors (Lipinski definition) is 0. The first-order valence-electron chi connectivity index (χ1n) is 7.40. The van der Waals surface area contributed by atoms with Gasteiger partial charge >= 0.3 is 0 Å². The number of rotatable bonds is 1. The summed E-state index contributed by atoms with van der Waals surface area (Å²) in [7, 11) is 0. The molecule has 0 spiro atoms. The molecule has 0 saturated carbocycles. The van der Waals surface area contributed by atoms with Gasteiger partial charge in [0.1, 0.15) is 5.65 Å². The van der Waals surface area contributed by atoms with E-state index in [2.05, 4.69) is 20.9 Å². The summed E-state index contributed by atoms with van der Waals surface area (Å²) in [6.07, 6.45) is 5.11. The van der Waals surface area contributed by atoms with Crippen molar-refractivity contribution in [1.82, 2.24) is 9.38 Å². The van der Waals surface area contributed by atoms with Crippen LogP contribution in [-0.4, -0.2) is 9.38 Å². The minimum absolute atomic E-state index is 0.0232. The lowest BCUT2D eigenvalue weighted by molar-refractivity contribution is 0.968. The maximum atomic E-state index is 12.7. The molecule has 1 aliphatic rings. The number of allylic oxidation sites excluding steroid dienone is 1. The topological polar surface area (TPSA) is 34.4 Å². The molecular formula is C18H11BrCl2N2O. The lowest BCUT2D eigenvalue weighted by Crippen LogP contribution is -2.19. The third-order valence-corrected chi connectivity index (χ3v) is 5.28. The van der Waals surface area contributed by atoms with Gasteiger partial charge in [-0.15, -0.1) is 0 Å². The highest BCUT2D eigenvalue weighted by molar-refractivity contribution is 9.10. The molecule has 0 N–H and O–H groups in total. The van der Waals surface area contributed by atoms with E-state index in [1.807, 2.05) is 24.3 Å². The molecule has 3 aromatic rings. The van der Waals surface area contributed by atoms with Crippen LogP contribution in [0.15, 0.2) is 45.8 Å². The highest BCUT2D eigenvalue weighted by atomic mass is 79.9. The second-order valence-electron chi connectivity index (χ2n) is 5.62. The summed E-state index contributed by atoms with van der Waals surface area (Å²) in [6, 6.07) is 9.11. The van der Waals surface area contributed by atoms with Crippen molar-refractivity contribution in [2.24, 2.45) is 0 Å². The first-order chi connectivity index (χ1) is 11.5. The van der Waals surface area contributed by atoms with Crippen LogP contribution in [-0.2, 0) is 6.42 Å². The fraction of sp³-hybridized carbons (Fsp3) is 0.111. The maximum absolute atomic E-state index is 12.7. The highest BCUT2D eigenvalue weighted by Gasteiger charge is 2.23. The first-order valence-corrected chi connectivity index (χ1v) is 8.95. The van der Waals surface area contributed by atoms with Gasteiger partial charge in [0.25, 0.3) is 5.56 Å². The molecule has 0 amide bonds. The molecule has 0 unspecified atom stereocenters. The van der Waals surface area contributed by atoms with Crippen molar-refractivity contribution in [3.8, 4) is 0 Å². The Morgan fingerprint density at radius 1 is 1.12 bits per heavy atom. The Hall–Kier alpha value is -1.62. The molecule has 3 nitrogen and oxygen atoms in total. The molecule has 0 aliphatic heterocycles. The first kappa shape index (κ1) is 15.9. The second-order valence-corrected chi connectivity index (χ2v) is 7.35. The molecule has 0 fully saturated rings. The molecule has 0 bridgehead atoms. The highest BCUT2D eigenvalue weighted by Crippen LogP contribution is 2.34. The van der Waals surface area contributed by atoms with Crippen molar-refractivity contribution >= 4 is 56.4 Å². The van der Waals surface area contributed by atoms with E-state index in [1.165, 1.54) is 0 Å². The molecule has 2 heterocycles. The molecule has 6 heteroatoms. The number of nitrogens with zero attached hydrogens (tertiary/aromatic N) is 2. The largest absolute Gasteiger partial charge is 0.269 e. The Labute approximate surface area is 156 Å². The quantitative estimate of drug-likeness (QED) is 0.537. The lowest BCUT2D eigenvalue weighted by Gasteiger charge is -2.07. The normalized spacial score (nSPS) is 15.2. The lowest BCUT2D eigenvalue weighted by atomic mass is 10.1. The molecule has 0 atom stereocenters. The van der Waals surface area contributed by atoms with Crippen LogP contribution in [0.25, 0.3) is 17.3 Å². The van der Waals surface area contributed by atoms with Crippen molar-refractivity contribution in [1.29, 1.82) is 0 Å². The van der Waals surface area contributed by atoms with E-state index in [4.69, 9.17) is 23.2 Å². The van der Waals surface area contributed by atoms with E-state index in [1.54, 1.807) is 22.7 Å². The Kier molecular flexibility index (Phi) is 3.99. The van der Waals surface area contributed by atoms with Crippen LogP contribution in [0.1, 0.15) is 23.2 Å². The van der Waals surface area contributed by atoms with Gasteiger partial charge in [-0.3, -0.25) is 9.20 Å². The fourth-order valence-electron chi connectivity index (χ4n) is 2.98. The van der Waals surface area contributed by atoms with Gasteiger partial charge in [-0.25, -0.2) is 4.98 Å². The summed E-state index contributed by atoms with van der Waals surface area (Å²) in [6.45, 7) is 0. The van der Waals surface area contributed by atoms with Crippen LogP contribution < -0.4 is 5.56 Å². The number of pyridine rings is 1. The molecule has 24 heavy (non-hydrogen) atoms. The predicted molar refractivity (Wildman–Crippen MR) is 102 cm³/mol. The minimum atomic E-state index is -0.0232. The zero-order valence-electron chi connectivity index (χ0n) is 12.4. The Bertz CT molecular complexity index is 1050. The van der Waals surface area contributed by atoms with Crippen LogP contribution in [0.4, 0.5) is 0 Å². The number of aromatic nitrogens is 2. The fourth-order valence-corrected chi connectivity index (χ4v) is 3.83. The van der Waals surface area contributed by atoms with Gasteiger partial charge < -0.3 is 0 Å². The standard InChI is InChI=1S/C18H11BrCl2N2O/c19-11-5-7-16-22-17-10(4-6-12(17)18(24)23(16)9-11)8-13-14(20)2-1-3-15(13)21/h1-3,5,7-9H,4,6H2/b10-8-. The van der Waals surface area contributed by atoms with E-state index >= 15 is 0 Å². The summed E-state index contributed by atoms with van der Waals surface area (Å²) in [5, 5.41) is 1.18. The molecule has 1 aromatic carbocycles. The molecule has 0 saturated heterocycles. The Balaban J connectivity index is 1.94. The van der Waals surface area contributed by atoms with Crippen LogP contribution in [0.3, 0.4) is 0 Å². The number of hydrogen-bond acceptors (Lipinski definition) is 2. The van der Waals surface area contributed by atoms with Gasteiger partial charge in [-0.1, -0.05) is 29.3 Å². The van der Waals surface area contributed by atoms with E-state index in [-0.39, 0.29) is 5.56 Å². The van der Waals surface area contributed by atoms with E-state index < -0.39 is 0 Å². The SMILES string of the molecule is O=c1c2c(nc3ccc(Br)cn13)/C(=C\c1c(Cl)cccc1Cl)CC2. The predicted octanol–water partition coefficient (Wildman–Crippen LogP) is 5.25. The third kappa shape index (κ3) is 2.59. The molecule has 4 rings (SSSR count). The van der Waals surface area contributed by atoms with Crippen molar-refractivity contribution in [2.45, 2.75) is 12.8 Å². The van der Waals surface area contributed by atoms with Crippen molar-refractivity contribution in [2.75, 3.05) is 0 Å². The van der Waals surface area contributed by atoms with E-state index in [0.717, 1.165) is 33.3 Å². The average molecular weight is 422 g/mol. The molecule has 120 valence electrons. The summed E-state index contributed by atoms with van der Waals surface area (Å²) in [4.78, 5) is 17.4. The minimum Gasteiger partial charge on any atom is -0.269 e. The van der Waals surface area contributed by atoms with Crippen LogP contribution in [0.2, 0.25) is 10.0 Å². The smallest absolute Gasteiger partial charge is 0.261 e. The monoisotopic (exact) mass is 420 g/mol. The summed E-state index contributed by atoms with van der Waals surface area (Å²) >= 11 is 15.9. The van der Waals surface area contributed by atoms with Crippen molar-refractivity contribution in [3.05, 3.63) is 78.2 Å². The number of fused-ring (bicyclic) bond motifs is 2. The van der Waals surface area contributed by atoms with Crippen molar-refractivity contribution in [3.63, 3.8) is 0 Å². The van der Waals surface area contributed by atoms with Gasteiger partial charge in [0, 0.05) is 31.8 Å². The van der Waals surface area contributed by atoms with Gasteiger partial charge in [0.2, 0.25) is 0 Å². The second kappa shape index (κ2) is 6.03. The maximum Gasteiger partial charge on any atom is 0.261 e. The Morgan fingerprint density at radius 2 is 1.88 bits per heavy atom. The van der Waals surface area contributed by atoms with Crippen LogP contribution >= 0.6 is 39.1 Å². The third-order valence-electron chi connectivity index (χ3n) is 4.15. The molecule has 1 aliphatic carbocycles. The van der Waals surface area contributed by atoms with Crippen molar-refractivity contribution < 1.29 is 0 Å². The zero-order valence-corrected chi connectivity index (χ0v) is 15.5. The van der Waals surface area contributed by atoms with Gasteiger partial charge in [0.15, 0.2) is 0 Å². The molecular weight excluding hydrogens is 411 g/mol. The summed E-state index contributed by atoms with van der Waals surface area (Å²) in [5.41, 5.74) is 3.84. The van der Waals surface area contributed by atoms with E-state index in [9.17, 15) is 4.79 Å². The van der Waals surface area contributed by atoms with Gasteiger partial charge in [-0.05, 0) is 64.7 Å². The van der Waals surface area contributed by atoms with Crippen LogP contribution in [0.5, 0.6) is 0 Å². The number of benzene rings is 1. The summed E-state index contributed by atoms with van der Waals surface area (Å²) < 4.78 is 2.42.